The van der Waals surface area contributed by atoms with Crippen molar-refractivity contribution in [2.24, 2.45) is 0 Å². The lowest BCUT2D eigenvalue weighted by atomic mass is 10.2. The molecule has 35 heavy (non-hydrogen) atoms. The maximum Gasteiger partial charge on any atom is 0.158 e. The van der Waals surface area contributed by atoms with Gasteiger partial charge in [0.15, 0.2) is 5.82 Å². The smallest absolute Gasteiger partial charge is 0.158 e. The molecule has 7 heteroatoms. The first-order chi connectivity index (χ1) is 16.9. The SMILES string of the molecule is C=C/C=C\C(=C/C)CNC(=C)c1nc(NC(=C)Nc2ccc(Cl)cc2F)cn1Cc1ccccc1. The van der Waals surface area contributed by atoms with Crippen LogP contribution in [0.3, 0.4) is 0 Å². The van der Waals surface area contributed by atoms with Crippen molar-refractivity contribution < 1.29 is 4.39 Å². The third-order valence-electron chi connectivity index (χ3n) is 5.06. The summed E-state index contributed by atoms with van der Waals surface area (Å²) in [6, 6.07) is 14.5. The van der Waals surface area contributed by atoms with Crippen molar-refractivity contribution in [2.45, 2.75) is 13.5 Å². The number of allylic oxidation sites excluding steroid dienone is 3. The number of benzene rings is 2. The third-order valence-corrected chi connectivity index (χ3v) is 5.30. The molecule has 180 valence electrons. The molecule has 0 fully saturated rings. The van der Waals surface area contributed by atoms with Crippen LogP contribution in [0.5, 0.6) is 0 Å². The average molecular weight is 490 g/mol. The summed E-state index contributed by atoms with van der Waals surface area (Å²) in [7, 11) is 0. The van der Waals surface area contributed by atoms with Crippen LogP contribution in [0.4, 0.5) is 15.9 Å². The van der Waals surface area contributed by atoms with E-state index in [1.54, 1.807) is 18.2 Å². The molecule has 0 aliphatic rings. The van der Waals surface area contributed by atoms with E-state index in [4.69, 9.17) is 16.6 Å². The topological polar surface area (TPSA) is 53.9 Å². The highest BCUT2D eigenvalue weighted by molar-refractivity contribution is 6.30. The highest BCUT2D eigenvalue weighted by Gasteiger charge is 2.13. The van der Waals surface area contributed by atoms with Gasteiger partial charge in [-0.05, 0) is 36.3 Å². The van der Waals surface area contributed by atoms with Gasteiger partial charge in [-0.15, -0.1) is 0 Å². The molecule has 0 atom stereocenters. The van der Waals surface area contributed by atoms with Crippen LogP contribution < -0.4 is 16.0 Å². The van der Waals surface area contributed by atoms with Crippen molar-refractivity contribution in [3.8, 4) is 0 Å². The van der Waals surface area contributed by atoms with E-state index in [0.29, 0.717) is 41.3 Å². The van der Waals surface area contributed by atoms with Gasteiger partial charge < -0.3 is 20.5 Å². The van der Waals surface area contributed by atoms with Crippen molar-refractivity contribution in [1.82, 2.24) is 14.9 Å². The minimum atomic E-state index is -0.474. The van der Waals surface area contributed by atoms with Crippen molar-refractivity contribution in [3.63, 3.8) is 0 Å². The summed E-state index contributed by atoms with van der Waals surface area (Å²) in [6.07, 6.45) is 9.51. The molecule has 0 spiro atoms. The van der Waals surface area contributed by atoms with Gasteiger partial charge in [0.05, 0.1) is 11.4 Å². The molecule has 0 saturated heterocycles. The minimum Gasteiger partial charge on any atom is -0.378 e. The lowest BCUT2D eigenvalue weighted by Crippen LogP contribution is -2.17. The molecule has 1 aromatic heterocycles. The quantitative estimate of drug-likeness (QED) is 0.240. The first-order valence-electron chi connectivity index (χ1n) is 11.1. The van der Waals surface area contributed by atoms with Crippen molar-refractivity contribution >= 4 is 28.8 Å². The van der Waals surface area contributed by atoms with Gasteiger partial charge in [0.25, 0.3) is 0 Å². The number of halogens is 2. The normalized spacial score (nSPS) is 11.3. The van der Waals surface area contributed by atoms with Crippen molar-refractivity contribution in [3.05, 3.63) is 132 Å². The van der Waals surface area contributed by atoms with E-state index in [2.05, 4.69) is 47.8 Å². The molecule has 3 aromatic rings. The van der Waals surface area contributed by atoms with Crippen LogP contribution in [0.25, 0.3) is 5.70 Å². The molecule has 1 heterocycles. The number of hydrogen-bond donors (Lipinski definition) is 3. The predicted molar refractivity (Wildman–Crippen MR) is 146 cm³/mol. The average Bonchev–Trinajstić information content (AvgIpc) is 3.23. The maximum absolute atomic E-state index is 14.2. The summed E-state index contributed by atoms with van der Waals surface area (Å²) in [4.78, 5) is 4.71. The van der Waals surface area contributed by atoms with Gasteiger partial charge in [-0.25, -0.2) is 9.37 Å². The zero-order valence-corrected chi connectivity index (χ0v) is 20.4. The molecule has 0 amide bonds. The molecule has 0 aliphatic carbocycles. The number of hydrogen-bond acceptors (Lipinski definition) is 4. The van der Waals surface area contributed by atoms with Gasteiger partial charge in [-0.1, -0.05) is 86.0 Å². The van der Waals surface area contributed by atoms with Gasteiger partial charge in [0.1, 0.15) is 17.5 Å². The maximum atomic E-state index is 14.2. The fraction of sp³-hybridized carbons (Fsp3) is 0.107. The fourth-order valence-electron chi connectivity index (χ4n) is 3.29. The zero-order chi connectivity index (χ0) is 25.2. The predicted octanol–water partition coefficient (Wildman–Crippen LogP) is 6.97. The van der Waals surface area contributed by atoms with Crippen LogP contribution >= 0.6 is 11.6 Å². The Balaban J connectivity index is 1.78. The van der Waals surface area contributed by atoms with Crippen LogP contribution in [0.15, 0.2) is 110 Å². The molecule has 0 bridgehead atoms. The second kappa shape index (κ2) is 12.4. The van der Waals surface area contributed by atoms with E-state index in [0.717, 1.165) is 11.1 Å². The first kappa shape index (κ1) is 25.6. The zero-order valence-electron chi connectivity index (χ0n) is 19.7. The monoisotopic (exact) mass is 489 g/mol. The van der Waals surface area contributed by atoms with Gasteiger partial charge in [0.2, 0.25) is 0 Å². The van der Waals surface area contributed by atoms with E-state index in [1.807, 2.05) is 54.1 Å². The second-order valence-electron chi connectivity index (χ2n) is 7.71. The number of nitrogens with zero attached hydrogens (tertiary/aromatic N) is 2. The van der Waals surface area contributed by atoms with E-state index < -0.39 is 5.82 Å². The number of nitrogens with one attached hydrogen (secondary N) is 3. The summed E-state index contributed by atoms with van der Waals surface area (Å²) < 4.78 is 16.2. The van der Waals surface area contributed by atoms with E-state index in [1.165, 1.54) is 6.07 Å². The second-order valence-corrected chi connectivity index (χ2v) is 8.14. The van der Waals surface area contributed by atoms with Crippen LogP contribution in [0.2, 0.25) is 5.02 Å². The largest absolute Gasteiger partial charge is 0.378 e. The molecule has 3 rings (SSSR count). The first-order valence-corrected chi connectivity index (χ1v) is 11.4. The van der Waals surface area contributed by atoms with Gasteiger partial charge in [-0.3, -0.25) is 0 Å². The summed E-state index contributed by atoms with van der Waals surface area (Å²) in [5, 5.41) is 9.68. The molecule has 3 N–H and O–H groups in total. The lowest BCUT2D eigenvalue weighted by Gasteiger charge is -2.12. The van der Waals surface area contributed by atoms with Crippen LogP contribution in [0, 0.1) is 5.82 Å². The summed E-state index contributed by atoms with van der Waals surface area (Å²) in [5.74, 6) is 1.11. The van der Waals surface area contributed by atoms with Crippen LogP contribution in [0.1, 0.15) is 18.3 Å². The molecule has 0 radical (unpaired) electrons. The van der Waals surface area contributed by atoms with Crippen LogP contribution in [-0.2, 0) is 6.54 Å². The van der Waals surface area contributed by atoms with E-state index >= 15 is 0 Å². The Kier molecular flexibility index (Phi) is 9.09. The highest BCUT2D eigenvalue weighted by atomic mass is 35.5. The molecular weight excluding hydrogens is 461 g/mol. The Hall–Kier alpha value is -4.03. The highest BCUT2D eigenvalue weighted by Crippen LogP contribution is 2.22. The molecular formula is C28H29ClFN5. The van der Waals surface area contributed by atoms with E-state index in [9.17, 15) is 4.39 Å². The number of imidazole rings is 1. The van der Waals surface area contributed by atoms with Crippen molar-refractivity contribution in [1.29, 1.82) is 0 Å². The molecule has 0 saturated carbocycles. The number of rotatable bonds is 12. The fourth-order valence-corrected chi connectivity index (χ4v) is 3.45. The van der Waals surface area contributed by atoms with Gasteiger partial charge in [0, 0.05) is 24.3 Å². The summed E-state index contributed by atoms with van der Waals surface area (Å²) in [5.41, 5.74) is 3.14. The Morgan fingerprint density at radius 2 is 1.91 bits per heavy atom. The molecule has 0 aliphatic heterocycles. The Bertz CT molecular complexity index is 1260. The summed E-state index contributed by atoms with van der Waals surface area (Å²) >= 11 is 5.83. The van der Waals surface area contributed by atoms with E-state index in [-0.39, 0.29) is 5.69 Å². The third kappa shape index (κ3) is 7.48. The van der Waals surface area contributed by atoms with Crippen molar-refractivity contribution in [2.75, 3.05) is 17.2 Å². The standard InChI is InChI=1S/C28H29ClFN5/c1-5-7-11-22(6-2)17-31-20(3)28-34-27(19-35(28)18-23-12-9-8-10-13-23)33-21(4)32-26-15-14-24(29)16-25(26)30/h5-16,19,31-33H,1,3-4,17-18H2,2H3/b11-7-,22-6+. The van der Waals surface area contributed by atoms with Gasteiger partial charge >= 0.3 is 0 Å². The molecule has 5 nitrogen and oxygen atoms in total. The molecule has 0 unspecified atom stereocenters. The van der Waals surface area contributed by atoms with Gasteiger partial charge in [-0.2, -0.15) is 0 Å². The molecule has 2 aromatic carbocycles. The number of aromatic nitrogens is 2. The summed E-state index contributed by atoms with van der Waals surface area (Å²) in [6.45, 7) is 15.0. The Morgan fingerprint density at radius 3 is 2.60 bits per heavy atom. The lowest BCUT2D eigenvalue weighted by molar-refractivity contribution is 0.631. The number of anilines is 2. The Morgan fingerprint density at radius 1 is 1.14 bits per heavy atom. The Labute approximate surface area is 211 Å². The van der Waals surface area contributed by atoms with Crippen LogP contribution in [-0.4, -0.2) is 16.1 Å². The minimum absolute atomic E-state index is 0.258.